The minimum atomic E-state index is -0.182. The van der Waals surface area contributed by atoms with E-state index >= 15 is 0 Å². The van der Waals surface area contributed by atoms with Crippen molar-refractivity contribution in [3.05, 3.63) is 90.5 Å². The Balaban J connectivity index is 1.51. The molecule has 4 aromatic rings. The molecule has 0 aliphatic heterocycles. The minimum absolute atomic E-state index is 0.182. The van der Waals surface area contributed by atoms with E-state index in [9.17, 15) is 4.79 Å². The van der Waals surface area contributed by atoms with Gasteiger partial charge in [0.25, 0.3) is 5.91 Å². The van der Waals surface area contributed by atoms with Crippen molar-refractivity contribution in [2.45, 2.75) is 10.6 Å². The van der Waals surface area contributed by atoms with Crippen LogP contribution in [0.1, 0.15) is 16.2 Å². The predicted molar refractivity (Wildman–Crippen MR) is 107 cm³/mol. The van der Waals surface area contributed by atoms with E-state index in [2.05, 4.69) is 25.8 Å². The highest BCUT2D eigenvalue weighted by atomic mass is 32.2. The summed E-state index contributed by atoms with van der Waals surface area (Å²) in [4.78, 5) is 17.6. The third-order valence-corrected chi connectivity index (χ3v) is 5.01. The van der Waals surface area contributed by atoms with Crippen LogP contribution in [0.4, 0.5) is 5.69 Å². The Hall–Kier alpha value is -3.52. The number of pyridine rings is 1. The van der Waals surface area contributed by atoms with Crippen LogP contribution in [0.2, 0.25) is 0 Å². The highest BCUT2D eigenvalue weighted by molar-refractivity contribution is 7.98. The van der Waals surface area contributed by atoms with Gasteiger partial charge < -0.3 is 5.32 Å². The minimum Gasteiger partial charge on any atom is -0.321 e. The van der Waals surface area contributed by atoms with Gasteiger partial charge in [-0.05, 0) is 46.8 Å². The first-order chi connectivity index (χ1) is 13.8. The Morgan fingerprint density at radius 3 is 2.64 bits per heavy atom. The summed E-state index contributed by atoms with van der Waals surface area (Å²) in [5, 5.41) is 14.8. The zero-order valence-corrected chi connectivity index (χ0v) is 15.6. The highest BCUT2D eigenvalue weighted by Crippen LogP contribution is 2.26. The van der Waals surface area contributed by atoms with E-state index in [1.165, 1.54) is 11.8 Å². The summed E-state index contributed by atoms with van der Waals surface area (Å²) in [5.74, 6) is 1.05. The number of thioether (sulfide) groups is 1. The molecule has 0 unspecified atom stereocenters. The van der Waals surface area contributed by atoms with Crippen molar-refractivity contribution in [1.82, 2.24) is 25.2 Å². The van der Waals surface area contributed by atoms with Gasteiger partial charge in [0.15, 0.2) is 5.82 Å². The van der Waals surface area contributed by atoms with Gasteiger partial charge in [0.05, 0.1) is 28.9 Å². The summed E-state index contributed by atoms with van der Waals surface area (Å²) >= 11 is 1.51. The lowest BCUT2D eigenvalue weighted by atomic mass is 10.2. The van der Waals surface area contributed by atoms with Crippen molar-refractivity contribution in [2.24, 2.45) is 0 Å². The Morgan fingerprint density at radius 1 is 1.00 bits per heavy atom. The number of rotatable bonds is 6. The third kappa shape index (κ3) is 4.07. The van der Waals surface area contributed by atoms with Gasteiger partial charge in [-0.25, -0.2) is 0 Å². The Labute approximate surface area is 165 Å². The summed E-state index contributed by atoms with van der Waals surface area (Å²) in [5.41, 5.74) is 2.14. The lowest BCUT2D eigenvalue weighted by Crippen LogP contribution is -2.13. The van der Waals surface area contributed by atoms with E-state index in [0.717, 1.165) is 10.6 Å². The molecule has 0 bridgehead atoms. The molecule has 0 spiro atoms. The zero-order chi connectivity index (χ0) is 19.2. The normalized spacial score (nSPS) is 10.6. The Kier molecular flexibility index (Phi) is 5.39. The van der Waals surface area contributed by atoms with E-state index in [1.54, 1.807) is 35.3 Å². The zero-order valence-electron chi connectivity index (χ0n) is 14.8. The average molecular weight is 388 g/mol. The van der Waals surface area contributed by atoms with E-state index in [4.69, 9.17) is 0 Å². The molecule has 0 saturated carbocycles. The third-order valence-electron chi connectivity index (χ3n) is 3.94. The van der Waals surface area contributed by atoms with Crippen molar-refractivity contribution in [2.75, 3.05) is 5.32 Å². The van der Waals surface area contributed by atoms with Crippen LogP contribution in [0.25, 0.3) is 5.69 Å². The average Bonchev–Trinajstić information content (AvgIpc) is 3.22. The number of carbonyl (C=O) groups excluding carboxylic acids is 1. The maximum Gasteiger partial charge on any atom is 0.256 e. The molecule has 0 fully saturated rings. The number of anilines is 1. The number of tetrazole rings is 1. The molecule has 7 nitrogen and oxygen atoms in total. The van der Waals surface area contributed by atoms with Crippen LogP contribution in [-0.4, -0.2) is 31.1 Å². The fraction of sp³-hybridized carbons (Fsp3) is 0.0500. The standard InChI is InChI=1S/C20H16N6OS/c27-20(22-15-7-6-12-21-13-15)17-10-4-5-11-18(17)28-14-19-23-24-25-26(19)16-8-2-1-3-9-16/h1-13H,14H2,(H,22,27). The van der Waals surface area contributed by atoms with Crippen molar-refractivity contribution in [3.63, 3.8) is 0 Å². The molecule has 0 saturated heterocycles. The van der Waals surface area contributed by atoms with Crippen LogP contribution in [0.15, 0.2) is 84.0 Å². The number of para-hydroxylation sites is 1. The summed E-state index contributed by atoms with van der Waals surface area (Å²) < 4.78 is 1.70. The molecule has 0 aliphatic rings. The summed E-state index contributed by atoms with van der Waals surface area (Å²) in [6.07, 6.45) is 3.28. The molecule has 2 aromatic carbocycles. The molecular formula is C20H16N6OS. The second kappa shape index (κ2) is 8.45. The van der Waals surface area contributed by atoms with E-state index in [1.807, 2.05) is 48.5 Å². The van der Waals surface area contributed by atoms with Crippen molar-refractivity contribution < 1.29 is 4.79 Å². The maximum atomic E-state index is 12.7. The van der Waals surface area contributed by atoms with Crippen LogP contribution in [-0.2, 0) is 5.75 Å². The van der Waals surface area contributed by atoms with E-state index in [0.29, 0.717) is 22.8 Å². The van der Waals surface area contributed by atoms with Gasteiger partial charge in [0.1, 0.15) is 0 Å². The molecule has 138 valence electrons. The van der Waals surface area contributed by atoms with Gasteiger partial charge in [-0.15, -0.1) is 16.9 Å². The fourth-order valence-corrected chi connectivity index (χ4v) is 3.58. The van der Waals surface area contributed by atoms with Crippen LogP contribution >= 0.6 is 11.8 Å². The molecule has 8 heteroatoms. The molecular weight excluding hydrogens is 372 g/mol. The van der Waals surface area contributed by atoms with E-state index in [-0.39, 0.29) is 5.91 Å². The number of hydrogen-bond acceptors (Lipinski definition) is 6. The summed E-state index contributed by atoms with van der Waals surface area (Å²) in [6.45, 7) is 0. The molecule has 1 N–H and O–H groups in total. The predicted octanol–water partition coefficient (Wildman–Crippen LogP) is 3.60. The molecule has 2 heterocycles. The van der Waals surface area contributed by atoms with Crippen LogP contribution in [0, 0.1) is 0 Å². The second-order valence-electron chi connectivity index (χ2n) is 5.82. The number of aromatic nitrogens is 5. The van der Waals surface area contributed by atoms with Crippen LogP contribution in [0.3, 0.4) is 0 Å². The smallest absolute Gasteiger partial charge is 0.256 e. The number of amides is 1. The van der Waals surface area contributed by atoms with Gasteiger partial charge in [0.2, 0.25) is 0 Å². The molecule has 28 heavy (non-hydrogen) atoms. The molecule has 4 rings (SSSR count). The Morgan fingerprint density at radius 2 is 1.82 bits per heavy atom. The second-order valence-corrected chi connectivity index (χ2v) is 6.84. The number of nitrogens with one attached hydrogen (secondary N) is 1. The lowest BCUT2D eigenvalue weighted by Gasteiger charge is -2.10. The van der Waals surface area contributed by atoms with Gasteiger partial charge in [0, 0.05) is 11.1 Å². The molecule has 0 aliphatic carbocycles. The van der Waals surface area contributed by atoms with Crippen molar-refractivity contribution >= 4 is 23.4 Å². The SMILES string of the molecule is O=C(Nc1cccnc1)c1ccccc1SCc1nnnn1-c1ccccc1. The first kappa shape index (κ1) is 17.9. The molecule has 0 radical (unpaired) electrons. The largest absolute Gasteiger partial charge is 0.321 e. The summed E-state index contributed by atoms with van der Waals surface area (Å²) in [6, 6.07) is 20.7. The Bertz CT molecular complexity index is 1070. The van der Waals surface area contributed by atoms with E-state index < -0.39 is 0 Å². The van der Waals surface area contributed by atoms with Crippen LogP contribution in [0.5, 0.6) is 0 Å². The number of carbonyl (C=O) groups is 1. The van der Waals surface area contributed by atoms with Gasteiger partial charge in [-0.3, -0.25) is 9.78 Å². The van der Waals surface area contributed by atoms with Crippen molar-refractivity contribution in [3.8, 4) is 5.69 Å². The van der Waals surface area contributed by atoms with Gasteiger partial charge >= 0.3 is 0 Å². The summed E-state index contributed by atoms with van der Waals surface area (Å²) in [7, 11) is 0. The molecule has 2 aromatic heterocycles. The van der Waals surface area contributed by atoms with Gasteiger partial charge in [-0.2, -0.15) is 4.68 Å². The topological polar surface area (TPSA) is 85.6 Å². The quantitative estimate of drug-likeness (QED) is 0.508. The van der Waals surface area contributed by atoms with Crippen LogP contribution < -0.4 is 5.32 Å². The van der Waals surface area contributed by atoms with Crippen molar-refractivity contribution in [1.29, 1.82) is 0 Å². The number of nitrogens with zero attached hydrogens (tertiary/aromatic N) is 5. The number of benzene rings is 2. The number of hydrogen-bond donors (Lipinski definition) is 1. The monoisotopic (exact) mass is 388 g/mol. The highest BCUT2D eigenvalue weighted by Gasteiger charge is 2.14. The first-order valence-corrected chi connectivity index (χ1v) is 9.56. The first-order valence-electron chi connectivity index (χ1n) is 8.57. The fourth-order valence-electron chi connectivity index (χ4n) is 2.62. The molecule has 1 amide bonds. The maximum absolute atomic E-state index is 12.7. The van der Waals surface area contributed by atoms with Gasteiger partial charge in [-0.1, -0.05) is 30.3 Å². The molecule has 0 atom stereocenters. The lowest BCUT2D eigenvalue weighted by molar-refractivity contribution is 0.102.